The molecule has 1 saturated carbocycles. The molecule has 0 N–H and O–H groups in total. The Hall–Kier alpha value is -1.65. The highest BCUT2D eigenvalue weighted by atomic mass is 15.4. The van der Waals surface area contributed by atoms with Crippen molar-refractivity contribution in [1.82, 2.24) is 19.6 Å². The first-order chi connectivity index (χ1) is 8.75. The van der Waals surface area contributed by atoms with Crippen LogP contribution in [0.4, 0.5) is 5.82 Å². The number of rotatable bonds is 2. The van der Waals surface area contributed by atoms with Gasteiger partial charge in [0.1, 0.15) is 12.1 Å². The minimum atomic E-state index is 0.494. The van der Waals surface area contributed by atoms with Crippen molar-refractivity contribution in [2.24, 2.45) is 0 Å². The summed E-state index contributed by atoms with van der Waals surface area (Å²) < 4.78 is 1.91. The van der Waals surface area contributed by atoms with Crippen molar-refractivity contribution in [3.05, 3.63) is 17.6 Å². The van der Waals surface area contributed by atoms with Gasteiger partial charge >= 0.3 is 0 Å². The Balaban J connectivity index is 2.00. The molecular weight excluding hydrogens is 226 g/mol. The first kappa shape index (κ1) is 10.3. The van der Waals surface area contributed by atoms with Crippen LogP contribution in [0.2, 0.25) is 0 Å². The predicted molar refractivity (Wildman–Crippen MR) is 68.9 cm³/mol. The van der Waals surface area contributed by atoms with Crippen LogP contribution < -0.4 is 4.90 Å². The fourth-order valence-corrected chi connectivity index (χ4v) is 2.95. The average molecular weight is 243 g/mol. The molecule has 5 nitrogen and oxygen atoms in total. The van der Waals surface area contributed by atoms with Crippen LogP contribution in [0.3, 0.4) is 0 Å². The van der Waals surface area contributed by atoms with Crippen LogP contribution >= 0.6 is 0 Å². The molecule has 1 aliphatic carbocycles. The summed E-state index contributed by atoms with van der Waals surface area (Å²) in [5, 5.41) is 4.35. The summed E-state index contributed by atoms with van der Waals surface area (Å²) in [5.74, 6) is 2.66. The van der Waals surface area contributed by atoms with Crippen molar-refractivity contribution in [2.75, 3.05) is 11.4 Å². The third-order valence-electron chi connectivity index (χ3n) is 3.99. The molecule has 0 saturated heterocycles. The van der Waals surface area contributed by atoms with E-state index in [0.717, 1.165) is 18.7 Å². The largest absolute Gasteiger partial charge is 0.353 e. The number of aromatic nitrogens is 4. The topological polar surface area (TPSA) is 46.3 Å². The van der Waals surface area contributed by atoms with E-state index in [1.807, 2.05) is 4.52 Å². The second-order valence-electron chi connectivity index (χ2n) is 5.58. The second kappa shape index (κ2) is 3.43. The first-order valence-corrected chi connectivity index (χ1v) is 6.75. The Bertz CT molecular complexity index is 611. The van der Waals surface area contributed by atoms with E-state index in [2.05, 4.69) is 28.8 Å². The van der Waals surface area contributed by atoms with Crippen LogP contribution in [0.25, 0.3) is 5.78 Å². The summed E-state index contributed by atoms with van der Waals surface area (Å²) in [7, 11) is 0. The maximum Gasteiger partial charge on any atom is 0.254 e. The molecule has 0 aromatic carbocycles. The van der Waals surface area contributed by atoms with E-state index in [0.29, 0.717) is 12.0 Å². The van der Waals surface area contributed by atoms with Gasteiger partial charge in [-0.2, -0.15) is 14.6 Å². The lowest BCUT2D eigenvalue weighted by Gasteiger charge is -2.24. The van der Waals surface area contributed by atoms with Gasteiger partial charge in [-0.1, -0.05) is 0 Å². The molecule has 94 valence electrons. The van der Waals surface area contributed by atoms with Crippen LogP contribution in [0.1, 0.15) is 43.9 Å². The fourth-order valence-electron chi connectivity index (χ4n) is 2.95. The highest BCUT2D eigenvalue weighted by molar-refractivity contribution is 5.60. The lowest BCUT2D eigenvalue weighted by Crippen LogP contribution is -2.30. The molecule has 3 heterocycles. The van der Waals surface area contributed by atoms with Crippen molar-refractivity contribution < 1.29 is 0 Å². The molecule has 0 amide bonds. The van der Waals surface area contributed by atoms with E-state index in [1.165, 1.54) is 29.9 Å². The number of fused-ring (bicyclic) bond motifs is 3. The second-order valence-corrected chi connectivity index (χ2v) is 5.58. The third-order valence-corrected chi connectivity index (χ3v) is 3.99. The summed E-state index contributed by atoms with van der Waals surface area (Å²) in [5.41, 5.74) is 2.69. The third kappa shape index (κ3) is 1.30. The Morgan fingerprint density at radius 1 is 1.33 bits per heavy atom. The van der Waals surface area contributed by atoms with Gasteiger partial charge in [0.2, 0.25) is 0 Å². The molecule has 1 aliphatic heterocycles. The maximum absolute atomic E-state index is 4.73. The molecule has 0 spiro atoms. The van der Waals surface area contributed by atoms with Crippen molar-refractivity contribution in [1.29, 1.82) is 0 Å². The van der Waals surface area contributed by atoms with Gasteiger partial charge in [-0.05, 0) is 33.1 Å². The summed E-state index contributed by atoms with van der Waals surface area (Å²) in [4.78, 5) is 11.4. The van der Waals surface area contributed by atoms with Gasteiger partial charge < -0.3 is 4.90 Å². The standard InChI is InChI=1S/C13H17N5/c1-8(2)17-6-5-10-11(9-3-4-9)16-13-14-7-15-18(13)12(10)17/h7-9H,3-6H2,1-2H3. The van der Waals surface area contributed by atoms with Crippen LogP contribution in [0, 0.1) is 0 Å². The van der Waals surface area contributed by atoms with Crippen LogP contribution in [-0.4, -0.2) is 32.2 Å². The Morgan fingerprint density at radius 2 is 2.17 bits per heavy atom. The minimum absolute atomic E-state index is 0.494. The zero-order chi connectivity index (χ0) is 12.3. The monoisotopic (exact) mass is 243 g/mol. The molecule has 0 atom stereocenters. The van der Waals surface area contributed by atoms with E-state index in [1.54, 1.807) is 6.33 Å². The molecule has 1 fully saturated rings. The van der Waals surface area contributed by atoms with E-state index in [4.69, 9.17) is 4.98 Å². The van der Waals surface area contributed by atoms with Gasteiger partial charge in [0.15, 0.2) is 0 Å². The normalized spacial score (nSPS) is 18.9. The van der Waals surface area contributed by atoms with Crippen LogP contribution in [-0.2, 0) is 6.42 Å². The first-order valence-electron chi connectivity index (χ1n) is 6.75. The molecule has 5 heteroatoms. The quantitative estimate of drug-likeness (QED) is 0.806. The molecule has 0 radical (unpaired) electrons. The number of hydrogen-bond donors (Lipinski definition) is 0. The van der Waals surface area contributed by atoms with Gasteiger partial charge in [-0.25, -0.2) is 4.98 Å². The van der Waals surface area contributed by atoms with Crippen LogP contribution in [0.5, 0.6) is 0 Å². The zero-order valence-corrected chi connectivity index (χ0v) is 10.8. The fraction of sp³-hybridized carbons (Fsp3) is 0.615. The molecule has 0 bridgehead atoms. The summed E-state index contributed by atoms with van der Waals surface area (Å²) in [6.45, 7) is 5.54. The molecule has 2 aromatic rings. The van der Waals surface area contributed by atoms with E-state index in [-0.39, 0.29) is 0 Å². The van der Waals surface area contributed by atoms with Crippen molar-refractivity contribution >= 4 is 11.6 Å². The van der Waals surface area contributed by atoms with Crippen molar-refractivity contribution in [3.63, 3.8) is 0 Å². The Labute approximate surface area is 106 Å². The summed E-state index contributed by atoms with van der Waals surface area (Å²) in [6.07, 6.45) is 5.27. The lowest BCUT2D eigenvalue weighted by atomic mass is 10.1. The summed E-state index contributed by atoms with van der Waals surface area (Å²) >= 11 is 0. The zero-order valence-electron chi connectivity index (χ0n) is 10.8. The minimum Gasteiger partial charge on any atom is -0.353 e. The number of nitrogens with zero attached hydrogens (tertiary/aromatic N) is 5. The van der Waals surface area contributed by atoms with Crippen LogP contribution in [0.15, 0.2) is 6.33 Å². The van der Waals surface area contributed by atoms with Gasteiger partial charge in [-0.3, -0.25) is 0 Å². The lowest BCUT2D eigenvalue weighted by molar-refractivity contribution is 0.691. The Kier molecular flexibility index (Phi) is 1.96. The van der Waals surface area contributed by atoms with Gasteiger partial charge in [-0.15, -0.1) is 0 Å². The molecule has 18 heavy (non-hydrogen) atoms. The smallest absolute Gasteiger partial charge is 0.254 e. The highest BCUT2D eigenvalue weighted by Gasteiger charge is 2.35. The molecule has 4 rings (SSSR count). The maximum atomic E-state index is 4.73. The van der Waals surface area contributed by atoms with Gasteiger partial charge in [0.25, 0.3) is 5.78 Å². The van der Waals surface area contributed by atoms with Crippen molar-refractivity contribution in [2.45, 2.75) is 45.1 Å². The predicted octanol–water partition coefficient (Wildman–Crippen LogP) is 1.77. The van der Waals surface area contributed by atoms with Gasteiger partial charge in [0.05, 0.1) is 5.69 Å². The van der Waals surface area contributed by atoms with Crippen molar-refractivity contribution in [3.8, 4) is 0 Å². The molecule has 2 aliphatic rings. The SMILES string of the molecule is CC(C)N1CCc2c(C3CC3)nc3ncnn3c21. The van der Waals surface area contributed by atoms with E-state index < -0.39 is 0 Å². The van der Waals surface area contributed by atoms with E-state index >= 15 is 0 Å². The number of anilines is 1. The Morgan fingerprint density at radius 3 is 2.89 bits per heavy atom. The van der Waals surface area contributed by atoms with E-state index in [9.17, 15) is 0 Å². The highest BCUT2D eigenvalue weighted by Crippen LogP contribution is 2.44. The van der Waals surface area contributed by atoms with Gasteiger partial charge in [0, 0.05) is 24.1 Å². The number of hydrogen-bond acceptors (Lipinski definition) is 4. The molecular formula is C13H17N5. The molecule has 0 unspecified atom stereocenters. The molecule has 2 aromatic heterocycles. The average Bonchev–Trinajstić information content (AvgIpc) is 2.90. The summed E-state index contributed by atoms with van der Waals surface area (Å²) in [6, 6.07) is 0.494.